The number of aromatic nitrogens is 2. The van der Waals surface area contributed by atoms with E-state index in [1.165, 1.54) is 9.44 Å². The summed E-state index contributed by atoms with van der Waals surface area (Å²) < 4.78 is 6.65. The molecule has 0 radical (unpaired) electrons. The summed E-state index contributed by atoms with van der Waals surface area (Å²) in [6.07, 6.45) is 6.34. The zero-order chi connectivity index (χ0) is 24.4. The number of fused-ring (bicyclic) bond motifs is 3. The zero-order valence-corrected chi connectivity index (χ0v) is 20.8. The highest BCUT2D eigenvalue weighted by Gasteiger charge is 2.25. The van der Waals surface area contributed by atoms with Gasteiger partial charge in [0.1, 0.15) is 17.2 Å². The van der Waals surface area contributed by atoms with Crippen LogP contribution in [0.15, 0.2) is 29.1 Å². The molecule has 9 heteroatoms. The van der Waals surface area contributed by atoms with E-state index < -0.39 is 5.97 Å². The fourth-order valence-corrected chi connectivity index (χ4v) is 6.29. The number of benzene rings is 1. The van der Waals surface area contributed by atoms with E-state index in [1.54, 1.807) is 42.5 Å². The van der Waals surface area contributed by atoms with Crippen LogP contribution in [0.4, 0.5) is 5.69 Å². The first-order chi connectivity index (χ1) is 17.0. The summed E-state index contributed by atoms with van der Waals surface area (Å²) in [5.41, 5.74) is 1.63. The molecule has 0 bridgehead atoms. The quantitative estimate of drug-likeness (QED) is 0.503. The van der Waals surface area contributed by atoms with Crippen molar-refractivity contribution in [3.05, 3.63) is 56.4 Å². The van der Waals surface area contributed by atoms with E-state index in [-0.39, 0.29) is 30.2 Å². The van der Waals surface area contributed by atoms with Crippen LogP contribution in [-0.4, -0.2) is 46.0 Å². The number of carbonyl (C=O) groups excluding carboxylic acids is 2. The van der Waals surface area contributed by atoms with Gasteiger partial charge in [0.2, 0.25) is 5.91 Å². The summed E-state index contributed by atoms with van der Waals surface area (Å²) in [6, 6.07) is 6.74. The topological polar surface area (TPSA) is 93.5 Å². The Morgan fingerprint density at radius 1 is 1.11 bits per heavy atom. The molecule has 0 spiro atoms. The normalized spacial score (nSPS) is 15.8. The van der Waals surface area contributed by atoms with Crippen molar-refractivity contribution in [3.63, 3.8) is 0 Å². The number of amides is 1. The number of nitrogens with zero attached hydrogens (tertiary/aromatic N) is 3. The standard InChI is InChI=1S/C26H30N4O4S/c1-2-34-26(33)17-9-3-5-11-19(17)27-22(31)16-30-21(15-29-13-7-8-14-29)28-24-23(25(30)32)18-10-4-6-12-20(18)35-24/h3,5,9,11H,2,4,6-8,10,12-16H2,1H3,(H,27,31). The third kappa shape index (κ3) is 4.88. The average molecular weight is 495 g/mol. The van der Waals surface area contributed by atoms with E-state index >= 15 is 0 Å². The summed E-state index contributed by atoms with van der Waals surface area (Å²) in [7, 11) is 0. The second kappa shape index (κ2) is 10.3. The van der Waals surface area contributed by atoms with Gasteiger partial charge in [-0.25, -0.2) is 9.78 Å². The lowest BCUT2D eigenvalue weighted by Crippen LogP contribution is -2.34. The van der Waals surface area contributed by atoms with Gasteiger partial charge in [0, 0.05) is 4.88 Å². The van der Waals surface area contributed by atoms with Gasteiger partial charge >= 0.3 is 5.97 Å². The van der Waals surface area contributed by atoms with E-state index in [1.807, 2.05) is 0 Å². The first-order valence-corrected chi connectivity index (χ1v) is 13.2. The van der Waals surface area contributed by atoms with Crippen LogP contribution in [-0.2, 0) is 35.5 Å². The third-order valence-corrected chi connectivity index (χ3v) is 7.90. The van der Waals surface area contributed by atoms with Gasteiger partial charge in [-0.3, -0.25) is 19.1 Å². The van der Waals surface area contributed by atoms with Gasteiger partial charge in [-0.05, 0) is 76.2 Å². The first kappa shape index (κ1) is 23.7. The van der Waals surface area contributed by atoms with Crippen molar-refractivity contribution in [1.29, 1.82) is 0 Å². The highest BCUT2D eigenvalue weighted by molar-refractivity contribution is 7.18. The molecule has 184 valence electrons. The molecule has 8 nitrogen and oxygen atoms in total. The van der Waals surface area contributed by atoms with Gasteiger partial charge in [-0.1, -0.05) is 12.1 Å². The number of ether oxygens (including phenoxy) is 1. The first-order valence-electron chi connectivity index (χ1n) is 12.4. The molecular formula is C26H30N4O4S. The van der Waals surface area contributed by atoms with Crippen LogP contribution in [0.2, 0.25) is 0 Å². The Labute approximate surface area is 207 Å². The Kier molecular flexibility index (Phi) is 6.97. The number of carbonyl (C=O) groups is 2. The lowest BCUT2D eigenvalue weighted by Gasteiger charge is -2.19. The molecule has 3 aromatic rings. The van der Waals surface area contributed by atoms with Crippen molar-refractivity contribution in [2.24, 2.45) is 0 Å². The molecule has 0 unspecified atom stereocenters. The van der Waals surface area contributed by atoms with Gasteiger partial charge in [0.05, 0.1) is 29.8 Å². The molecular weight excluding hydrogens is 464 g/mol. The van der Waals surface area contributed by atoms with Crippen molar-refractivity contribution in [2.45, 2.75) is 58.5 Å². The number of likely N-dealkylation sites (tertiary alicyclic amines) is 1. The molecule has 1 amide bonds. The van der Waals surface area contributed by atoms with Gasteiger partial charge in [-0.15, -0.1) is 11.3 Å². The molecule has 35 heavy (non-hydrogen) atoms. The number of para-hydroxylation sites is 1. The molecule has 0 atom stereocenters. The molecule has 2 aromatic heterocycles. The highest BCUT2D eigenvalue weighted by atomic mass is 32.1. The number of nitrogens with one attached hydrogen (secondary N) is 1. The molecule has 1 aliphatic heterocycles. The summed E-state index contributed by atoms with van der Waals surface area (Å²) >= 11 is 1.63. The number of hydrogen-bond donors (Lipinski definition) is 1. The van der Waals surface area contributed by atoms with Crippen LogP contribution in [0, 0.1) is 0 Å². The molecule has 3 heterocycles. The van der Waals surface area contributed by atoms with E-state index in [4.69, 9.17) is 9.72 Å². The molecule has 1 aromatic carbocycles. The molecule has 1 fully saturated rings. The van der Waals surface area contributed by atoms with Crippen LogP contribution in [0.5, 0.6) is 0 Å². The summed E-state index contributed by atoms with van der Waals surface area (Å²) in [5, 5.41) is 3.49. The number of thiophene rings is 1. The van der Waals surface area contributed by atoms with Crippen molar-refractivity contribution in [3.8, 4) is 0 Å². The Morgan fingerprint density at radius 3 is 2.69 bits per heavy atom. The molecule has 2 aliphatic rings. The Hall–Kier alpha value is -3.04. The maximum atomic E-state index is 13.8. The second-order valence-electron chi connectivity index (χ2n) is 9.11. The monoisotopic (exact) mass is 494 g/mol. The predicted octanol–water partition coefficient (Wildman–Crippen LogP) is 3.75. The van der Waals surface area contributed by atoms with Crippen LogP contribution in [0.3, 0.4) is 0 Å². The van der Waals surface area contributed by atoms with Crippen molar-refractivity contribution >= 4 is 39.1 Å². The van der Waals surface area contributed by atoms with E-state index in [2.05, 4.69) is 10.2 Å². The lowest BCUT2D eigenvalue weighted by molar-refractivity contribution is -0.116. The molecule has 1 saturated heterocycles. The van der Waals surface area contributed by atoms with Crippen LogP contribution in [0.25, 0.3) is 10.2 Å². The molecule has 5 rings (SSSR count). The number of hydrogen-bond acceptors (Lipinski definition) is 7. The second-order valence-corrected chi connectivity index (χ2v) is 10.2. The maximum absolute atomic E-state index is 13.8. The van der Waals surface area contributed by atoms with Gasteiger partial charge in [-0.2, -0.15) is 0 Å². The SMILES string of the molecule is CCOC(=O)c1ccccc1NC(=O)Cn1c(CN2CCCC2)nc2sc3c(c2c1=O)CCCC3. The molecule has 0 saturated carbocycles. The van der Waals surface area contributed by atoms with Gasteiger partial charge in [0.15, 0.2) is 0 Å². The van der Waals surface area contributed by atoms with Crippen LogP contribution in [0.1, 0.15) is 59.2 Å². The van der Waals surface area contributed by atoms with E-state index in [9.17, 15) is 14.4 Å². The summed E-state index contributed by atoms with van der Waals surface area (Å²) in [4.78, 5) is 48.5. The van der Waals surface area contributed by atoms with Crippen molar-refractivity contribution in [1.82, 2.24) is 14.5 Å². The maximum Gasteiger partial charge on any atom is 0.340 e. The van der Waals surface area contributed by atoms with Crippen LogP contribution >= 0.6 is 11.3 Å². The van der Waals surface area contributed by atoms with E-state index in [0.29, 0.717) is 23.4 Å². The Bertz CT molecular complexity index is 1320. The van der Waals surface area contributed by atoms with Crippen molar-refractivity contribution < 1.29 is 14.3 Å². The van der Waals surface area contributed by atoms with Crippen molar-refractivity contribution in [2.75, 3.05) is 25.0 Å². The summed E-state index contributed by atoms with van der Waals surface area (Å²) in [5.74, 6) is -0.253. The van der Waals surface area contributed by atoms with Crippen LogP contribution < -0.4 is 10.9 Å². The fraction of sp³-hybridized carbons (Fsp3) is 0.462. The smallest absolute Gasteiger partial charge is 0.340 e. The van der Waals surface area contributed by atoms with Gasteiger partial charge in [0.25, 0.3) is 5.56 Å². The highest BCUT2D eigenvalue weighted by Crippen LogP contribution is 2.34. The van der Waals surface area contributed by atoms with E-state index in [0.717, 1.165) is 62.0 Å². The lowest BCUT2D eigenvalue weighted by atomic mass is 9.97. The Balaban J connectivity index is 1.49. The Morgan fingerprint density at radius 2 is 1.89 bits per heavy atom. The van der Waals surface area contributed by atoms with Gasteiger partial charge < -0.3 is 10.1 Å². The average Bonchev–Trinajstić information content (AvgIpc) is 3.49. The third-order valence-electron chi connectivity index (χ3n) is 6.72. The number of esters is 1. The zero-order valence-electron chi connectivity index (χ0n) is 20.0. The number of rotatable bonds is 7. The molecule has 1 aliphatic carbocycles. The minimum absolute atomic E-state index is 0.141. The minimum atomic E-state index is -0.497. The largest absolute Gasteiger partial charge is 0.462 e. The number of aryl methyl sites for hydroxylation is 2. The fourth-order valence-electron chi connectivity index (χ4n) is 5.02. The predicted molar refractivity (Wildman–Crippen MR) is 136 cm³/mol. The minimum Gasteiger partial charge on any atom is -0.462 e. The summed E-state index contributed by atoms with van der Waals surface area (Å²) in [6.45, 7) is 4.29. The molecule has 1 N–H and O–H groups in total. The number of anilines is 1.